The summed E-state index contributed by atoms with van der Waals surface area (Å²) in [5, 5.41) is 4.14. The molecule has 7 rings (SSSR count). The van der Waals surface area contributed by atoms with Crippen molar-refractivity contribution in [3.05, 3.63) is 141 Å². The molecule has 6 nitrogen and oxygen atoms in total. The summed E-state index contributed by atoms with van der Waals surface area (Å²) in [6, 6.07) is 26.7. The molecular formula is C54H64N6. The number of benzene rings is 4. The Labute approximate surface area is 357 Å². The number of fused-ring (bicyclic) bond motifs is 12. The number of hydrogen-bond acceptors (Lipinski definition) is 4. The van der Waals surface area contributed by atoms with E-state index in [4.69, 9.17) is 20.0 Å². The van der Waals surface area contributed by atoms with E-state index in [1.54, 1.807) is 0 Å². The first-order valence-electron chi connectivity index (χ1n) is 21.2. The summed E-state index contributed by atoms with van der Waals surface area (Å²) in [5.41, 5.74) is 13.1. The van der Waals surface area contributed by atoms with Crippen LogP contribution in [0.1, 0.15) is 141 Å². The van der Waals surface area contributed by atoms with E-state index in [9.17, 15) is 0 Å². The highest BCUT2D eigenvalue weighted by Gasteiger charge is 2.24. The van der Waals surface area contributed by atoms with E-state index in [0.29, 0.717) is 11.4 Å². The predicted molar refractivity (Wildman–Crippen MR) is 258 cm³/mol. The van der Waals surface area contributed by atoms with E-state index >= 15 is 0 Å². The lowest BCUT2D eigenvalue weighted by Crippen LogP contribution is -2.24. The Hall–Kier alpha value is -5.62. The minimum atomic E-state index is -0.0911. The van der Waals surface area contributed by atoms with Crippen LogP contribution in [0.5, 0.6) is 0 Å². The SMILES string of the molecule is C=C1N=c2c3ccc(C(C)(C)C)cc3c(n2C)=NC(=C)c2ccc(C(C)(C)C)cc2C(C)=Nc2c3ccc(C(C)(C)C)cc3c(n2C)N=C(C)c2ccc(C(C)(C)C)cc21. The summed E-state index contributed by atoms with van der Waals surface area (Å²) >= 11 is 0. The number of nitrogens with zero attached hydrogens (tertiary/aromatic N) is 6. The summed E-state index contributed by atoms with van der Waals surface area (Å²) in [6.07, 6.45) is 0. The minimum Gasteiger partial charge on any atom is -0.313 e. The van der Waals surface area contributed by atoms with Crippen LogP contribution in [0.3, 0.4) is 0 Å². The van der Waals surface area contributed by atoms with Gasteiger partial charge in [-0.15, -0.1) is 0 Å². The summed E-state index contributed by atoms with van der Waals surface area (Å²) in [6.45, 7) is 40.5. The van der Waals surface area contributed by atoms with Crippen LogP contribution in [0.2, 0.25) is 0 Å². The van der Waals surface area contributed by atoms with Crippen molar-refractivity contribution >= 4 is 56.0 Å². The van der Waals surface area contributed by atoms with E-state index in [2.05, 4.69) is 199 Å². The lowest BCUT2D eigenvalue weighted by Gasteiger charge is -2.22. The van der Waals surface area contributed by atoms with E-state index in [0.717, 1.165) is 77.8 Å². The van der Waals surface area contributed by atoms with Gasteiger partial charge in [0, 0.05) is 69.3 Å². The van der Waals surface area contributed by atoms with Crippen molar-refractivity contribution in [3.8, 4) is 0 Å². The van der Waals surface area contributed by atoms with Gasteiger partial charge in [-0.25, -0.2) is 20.0 Å². The van der Waals surface area contributed by atoms with Gasteiger partial charge in [-0.3, -0.25) is 0 Å². The molecule has 6 aromatic rings. The Morgan fingerprint density at radius 3 is 1.30 bits per heavy atom. The summed E-state index contributed by atoms with van der Waals surface area (Å²) in [4.78, 5) is 21.8. The first kappa shape index (κ1) is 42.5. The number of aliphatic imine (C=N–C) groups is 2. The molecule has 60 heavy (non-hydrogen) atoms. The maximum atomic E-state index is 5.51. The van der Waals surface area contributed by atoms with Gasteiger partial charge < -0.3 is 9.13 Å². The molecular weight excluding hydrogens is 733 g/mol. The van der Waals surface area contributed by atoms with Crippen LogP contribution in [0, 0.1) is 0 Å². The van der Waals surface area contributed by atoms with Gasteiger partial charge in [0.2, 0.25) is 0 Å². The van der Waals surface area contributed by atoms with Crippen molar-refractivity contribution in [2.75, 3.05) is 0 Å². The molecule has 2 aromatic heterocycles. The van der Waals surface area contributed by atoms with Gasteiger partial charge in [-0.05, 0) is 82.0 Å². The van der Waals surface area contributed by atoms with E-state index in [1.165, 1.54) is 22.3 Å². The van der Waals surface area contributed by atoms with Gasteiger partial charge >= 0.3 is 0 Å². The summed E-state index contributed by atoms with van der Waals surface area (Å²) < 4.78 is 4.24. The normalized spacial score (nSPS) is 14.5. The minimum absolute atomic E-state index is 0.0534. The first-order valence-corrected chi connectivity index (χ1v) is 21.2. The van der Waals surface area contributed by atoms with Crippen LogP contribution < -0.4 is 11.0 Å². The van der Waals surface area contributed by atoms with E-state index < -0.39 is 0 Å². The molecule has 0 saturated heterocycles. The second-order valence-corrected chi connectivity index (χ2v) is 21.0. The van der Waals surface area contributed by atoms with Gasteiger partial charge in [0.15, 0.2) is 0 Å². The molecule has 0 fully saturated rings. The molecule has 0 spiro atoms. The Morgan fingerprint density at radius 2 is 0.767 bits per heavy atom. The molecule has 0 saturated carbocycles. The highest BCUT2D eigenvalue weighted by atomic mass is 15.1. The van der Waals surface area contributed by atoms with Crippen LogP contribution in [-0.2, 0) is 35.8 Å². The average Bonchev–Trinajstić information content (AvgIpc) is 3.56. The van der Waals surface area contributed by atoms with Crippen molar-refractivity contribution in [1.82, 2.24) is 9.13 Å². The standard InChI is InChI=1S/C54H64N6/c1-31-39-23-19-35(51(5,6)7)27-43(39)33(3)57-48-42-26-22-38(54(14,15)16)30-46(42)50(60(48)18)56-32(2)40-24-20-36(52(8,9)10)28-44(40)34(4)58-47-41-25-21-37(53(11,12)13)29-45(41)49(55-31)59(47)17/h19-30H,1,4H2,2-3,5-18H3. The quantitative estimate of drug-likeness (QED) is 0.147. The monoisotopic (exact) mass is 797 g/mol. The van der Waals surface area contributed by atoms with Gasteiger partial charge in [-0.2, -0.15) is 0 Å². The lowest BCUT2D eigenvalue weighted by molar-refractivity contribution is 0.589. The van der Waals surface area contributed by atoms with Crippen molar-refractivity contribution < 1.29 is 0 Å². The topological polar surface area (TPSA) is 59.3 Å². The number of rotatable bonds is 0. The second-order valence-electron chi connectivity index (χ2n) is 21.0. The van der Waals surface area contributed by atoms with Crippen molar-refractivity contribution in [2.45, 2.75) is 119 Å². The fourth-order valence-electron chi connectivity index (χ4n) is 8.19. The number of aromatic nitrogens is 2. The maximum absolute atomic E-state index is 5.51. The van der Waals surface area contributed by atoms with Crippen LogP contribution >= 0.6 is 0 Å². The van der Waals surface area contributed by atoms with Crippen molar-refractivity contribution in [3.63, 3.8) is 0 Å². The molecule has 0 aliphatic carbocycles. The van der Waals surface area contributed by atoms with Gasteiger partial charge in [-0.1, -0.05) is 145 Å². The van der Waals surface area contributed by atoms with Gasteiger partial charge in [0.05, 0.1) is 11.4 Å². The average molecular weight is 797 g/mol. The molecule has 1 aliphatic rings. The van der Waals surface area contributed by atoms with Crippen LogP contribution in [0.25, 0.3) is 32.9 Å². The summed E-state index contributed by atoms with van der Waals surface area (Å²) in [5.74, 6) is 1.70. The molecule has 0 amide bonds. The largest absolute Gasteiger partial charge is 0.313 e. The highest BCUT2D eigenvalue weighted by Crippen LogP contribution is 2.41. The number of hydrogen-bond donors (Lipinski definition) is 0. The zero-order chi connectivity index (χ0) is 44.0. The predicted octanol–water partition coefficient (Wildman–Crippen LogP) is 13.0. The Balaban J connectivity index is 1.66. The Kier molecular flexibility index (Phi) is 10.3. The molecule has 0 atom stereocenters. The van der Waals surface area contributed by atoms with Crippen molar-refractivity contribution in [2.24, 2.45) is 34.1 Å². The first-order chi connectivity index (χ1) is 27.8. The second kappa shape index (κ2) is 14.5. The van der Waals surface area contributed by atoms with E-state index in [-0.39, 0.29) is 21.7 Å². The van der Waals surface area contributed by atoms with Crippen LogP contribution in [0.15, 0.2) is 106 Å². The highest BCUT2D eigenvalue weighted by molar-refractivity contribution is 6.10. The third-order valence-corrected chi connectivity index (χ3v) is 12.2. The van der Waals surface area contributed by atoms with Crippen LogP contribution in [-0.4, -0.2) is 20.6 Å². The third-order valence-electron chi connectivity index (χ3n) is 12.2. The van der Waals surface area contributed by atoms with Gasteiger partial charge in [0.25, 0.3) is 0 Å². The molecule has 0 radical (unpaired) electrons. The Morgan fingerprint density at radius 1 is 0.383 bits per heavy atom. The fourth-order valence-corrected chi connectivity index (χ4v) is 8.19. The molecule has 6 heteroatoms. The lowest BCUT2D eigenvalue weighted by atomic mass is 9.84. The zero-order valence-electron chi connectivity index (χ0n) is 39.0. The molecule has 4 aromatic carbocycles. The zero-order valence-corrected chi connectivity index (χ0v) is 39.0. The fraction of sp³-hybridized carbons (Fsp3) is 0.370. The van der Waals surface area contributed by atoms with E-state index in [1.807, 2.05) is 7.05 Å². The Bertz CT molecular complexity index is 2960. The van der Waals surface area contributed by atoms with Crippen LogP contribution in [0.4, 0.5) is 11.6 Å². The molecule has 0 N–H and O–H groups in total. The third kappa shape index (κ3) is 7.66. The molecule has 0 unspecified atom stereocenters. The van der Waals surface area contributed by atoms with Gasteiger partial charge in [0.1, 0.15) is 22.6 Å². The smallest absolute Gasteiger partial charge is 0.142 e. The molecule has 1 aliphatic heterocycles. The molecule has 3 heterocycles. The summed E-state index contributed by atoms with van der Waals surface area (Å²) in [7, 11) is 4.13. The molecule has 310 valence electrons. The maximum Gasteiger partial charge on any atom is 0.142 e. The molecule has 4 bridgehead atoms. The van der Waals surface area contributed by atoms with Crippen molar-refractivity contribution in [1.29, 1.82) is 0 Å².